The average Bonchev–Trinajstić information content (AvgIpc) is 2.43. The minimum Gasteiger partial charge on any atom is -0.508 e. The molecule has 2 aromatic carbocycles. The van der Waals surface area contributed by atoms with E-state index in [0.29, 0.717) is 0 Å². The van der Waals surface area contributed by atoms with Crippen molar-refractivity contribution < 1.29 is 14.3 Å². The summed E-state index contributed by atoms with van der Waals surface area (Å²) in [7, 11) is 0. The highest BCUT2D eigenvalue weighted by Crippen LogP contribution is 2.21. The van der Waals surface area contributed by atoms with Crippen LogP contribution in [0.5, 0.6) is 5.75 Å². The first-order valence-corrected chi connectivity index (χ1v) is 5.61. The third kappa shape index (κ3) is 2.67. The molecule has 0 aliphatic rings. The zero-order valence-corrected chi connectivity index (χ0v) is 10.2. The van der Waals surface area contributed by atoms with Crippen molar-refractivity contribution in [2.75, 3.05) is 11.1 Å². The van der Waals surface area contributed by atoms with E-state index in [4.69, 9.17) is 11.0 Å². The van der Waals surface area contributed by atoms with Crippen molar-refractivity contribution in [1.82, 2.24) is 0 Å². The predicted octanol–water partition coefficient (Wildman–Crippen LogP) is 2.24. The number of anilines is 2. The number of rotatable bonds is 2. The number of aromatic hydroxyl groups is 1. The van der Waals surface area contributed by atoms with Crippen LogP contribution >= 0.6 is 0 Å². The molecule has 0 fully saturated rings. The van der Waals surface area contributed by atoms with E-state index in [2.05, 4.69) is 5.32 Å². The van der Waals surface area contributed by atoms with Crippen molar-refractivity contribution in [1.29, 1.82) is 5.26 Å². The van der Waals surface area contributed by atoms with Crippen LogP contribution in [0.4, 0.5) is 15.8 Å². The van der Waals surface area contributed by atoms with Gasteiger partial charge in [-0.3, -0.25) is 4.79 Å². The largest absolute Gasteiger partial charge is 0.508 e. The number of nitrogen functional groups attached to an aromatic ring is 1. The Balaban J connectivity index is 2.28. The summed E-state index contributed by atoms with van der Waals surface area (Å²) in [6, 6.07) is 9.28. The summed E-state index contributed by atoms with van der Waals surface area (Å²) in [5, 5.41) is 20.5. The summed E-state index contributed by atoms with van der Waals surface area (Å²) in [6.07, 6.45) is 0. The number of hydrogen-bond donors (Lipinski definition) is 3. The van der Waals surface area contributed by atoms with E-state index in [0.717, 1.165) is 6.07 Å². The van der Waals surface area contributed by atoms with Gasteiger partial charge in [-0.05, 0) is 36.4 Å². The molecule has 0 aliphatic carbocycles. The van der Waals surface area contributed by atoms with E-state index in [1.807, 2.05) is 0 Å². The first-order chi connectivity index (χ1) is 9.51. The second-order valence-corrected chi connectivity index (χ2v) is 4.03. The van der Waals surface area contributed by atoms with Crippen LogP contribution in [-0.2, 0) is 0 Å². The lowest BCUT2D eigenvalue weighted by Crippen LogP contribution is -2.14. The van der Waals surface area contributed by atoms with Crippen molar-refractivity contribution in [2.24, 2.45) is 0 Å². The second-order valence-electron chi connectivity index (χ2n) is 4.03. The second kappa shape index (κ2) is 5.28. The number of nitriles is 1. The summed E-state index contributed by atoms with van der Waals surface area (Å²) in [5.74, 6) is -1.32. The van der Waals surface area contributed by atoms with Crippen molar-refractivity contribution in [3.63, 3.8) is 0 Å². The van der Waals surface area contributed by atoms with Gasteiger partial charge in [0.1, 0.15) is 17.6 Å². The van der Waals surface area contributed by atoms with Crippen LogP contribution in [-0.4, -0.2) is 11.0 Å². The van der Waals surface area contributed by atoms with E-state index < -0.39 is 11.7 Å². The summed E-state index contributed by atoms with van der Waals surface area (Å²) in [5.41, 5.74) is 6.01. The zero-order valence-electron chi connectivity index (χ0n) is 10.2. The fourth-order valence-electron chi connectivity index (χ4n) is 1.63. The van der Waals surface area contributed by atoms with Gasteiger partial charge in [0.25, 0.3) is 5.91 Å². The lowest BCUT2D eigenvalue weighted by molar-refractivity contribution is 0.102. The topological polar surface area (TPSA) is 99.1 Å². The monoisotopic (exact) mass is 271 g/mol. The number of carbonyl (C=O) groups excluding carboxylic acids is 1. The lowest BCUT2D eigenvalue weighted by atomic mass is 10.1. The molecule has 0 aromatic heterocycles. The number of hydrogen-bond acceptors (Lipinski definition) is 4. The smallest absolute Gasteiger partial charge is 0.257 e. The SMILES string of the molecule is N#Cc1cc(NC(=O)c2cc(O)ccc2N)ccc1F. The Hall–Kier alpha value is -3.07. The molecule has 0 unspecified atom stereocenters. The summed E-state index contributed by atoms with van der Waals surface area (Å²) < 4.78 is 13.2. The molecule has 0 saturated heterocycles. The molecule has 0 aliphatic heterocycles. The first kappa shape index (κ1) is 13.4. The lowest BCUT2D eigenvalue weighted by Gasteiger charge is -2.08. The molecule has 2 rings (SSSR count). The quantitative estimate of drug-likeness (QED) is 0.576. The van der Waals surface area contributed by atoms with Crippen LogP contribution in [0.15, 0.2) is 36.4 Å². The van der Waals surface area contributed by atoms with E-state index in [-0.39, 0.29) is 28.3 Å². The van der Waals surface area contributed by atoms with Gasteiger partial charge >= 0.3 is 0 Å². The van der Waals surface area contributed by atoms with Gasteiger partial charge in [0.15, 0.2) is 0 Å². The molecule has 6 heteroatoms. The number of halogens is 1. The van der Waals surface area contributed by atoms with Crippen LogP contribution in [0.1, 0.15) is 15.9 Å². The van der Waals surface area contributed by atoms with E-state index in [1.165, 1.54) is 30.3 Å². The highest BCUT2D eigenvalue weighted by Gasteiger charge is 2.12. The third-order valence-electron chi connectivity index (χ3n) is 2.63. The molecular weight excluding hydrogens is 261 g/mol. The van der Waals surface area contributed by atoms with Crippen LogP contribution in [0, 0.1) is 17.1 Å². The number of phenolic OH excluding ortho intramolecular Hbond substituents is 1. The molecule has 4 N–H and O–H groups in total. The molecule has 0 bridgehead atoms. The number of nitrogens with two attached hydrogens (primary N) is 1. The average molecular weight is 271 g/mol. The van der Waals surface area contributed by atoms with E-state index >= 15 is 0 Å². The van der Waals surface area contributed by atoms with Crippen molar-refractivity contribution >= 4 is 17.3 Å². The molecule has 0 radical (unpaired) electrons. The number of benzene rings is 2. The maximum atomic E-state index is 13.2. The molecule has 100 valence electrons. The summed E-state index contributed by atoms with van der Waals surface area (Å²) in [6.45, 7) is 0. The van der Waals surface area contributed by atoms with Crippen LogP contribution < -0.4 is 11.1 Å². The third-order valence-corrected chi connectivity index (χ3v) is 2.63. The van der Waals surface area contributed by atoms with Crippen LogP contribution in [0.3, 0.4) is 0 Å². The van der Waals surface area contributed by atoms with Gasteiger partial charge < -0.3 is 16.2 Å². The van der Waals surface area contributed by atoms with Gasteiger partial charge in [-0.2, -0.15) is 5.26 Å². The van der Waals surface area contributed by atoms with Crippen LogP contribution in [0.25, 0.3) is 0 Å². The molecule has 0 spiro atoms. The Labute approximate surface area is 114 Å². The Bertz CT molecular complexity index is 723. The van der Waals surface area contributed by atoms with Crippen molar-refractivity contribution in [3.05, 3.63) is 53.3 Å². The van der Waals surface area contributed by atoms with Crippen LogP contribution in [0.2, 0.25) is 0 Å². The van der Waals surface area contributed by atoms with Crippen molar-refractivity contribution in [2.45, 2.75) is 0 Å². The Morgan fingerprint density at radius 3 is 2.75 bits per heavy atom. The van der Waals surface area contributed by atoms with Gasteiger partial charge in [0.2, 0.25) is 0 Å². The number of carbonyl (C=O) groups is 1. The van der Waals surface area contributed by atoms with Gasteiger partial charge in [-0.1, -0.05) is 0 Å². The summed E-state index contributed by atoms with van der Waals surface area (Å²) >= 11 is 0. The Morgan fingerprint density at radius 2 is 2.05 bits per heavy atom. The maximum absolute atomic E-state index is 13.2. The number of amides is 1. The minimum atomic E-state index is -0.664. The molecular formula is C14H10FN3O2. The molecule has 0 atom stereocenters. The highest BCUT2D eigenvalue weighted by molar-refractivity contribution is 6.08. The minimum absolute atomic E-state index is 0.0906. The fourth-order valence-corrected chi connectivity index (χ4v) is 1.63. The predicted molar refractivity (Wildman–Crippen MR) is 71.6 cm³/mol. The molecule has 1 amide bonds. The van der Waals surface area contributed by atoms with Gasteiger partial charge in [0.05, 0.1) is 11.1 Å². The molecule has 5 nitrogen and oxygen atoms in total. The van der Waals surface area contributed by atoms with E-state index in [9.17, 15) is 14.3 Å². The van der Waals surface area contributed by atoms with Gasteiger partial charge in [-0.25, -0.2) is 4.39 Å². The standard InChI is InChI=1S/C14H10FN3O2/c15-12-3-1-9(5-8(12)7-16)18-14(20)11-6-10(19)2-4-13(11)17/h1-6,19H,17H2,(H,18,20). The first-order valence-electron chi connectivity index (χ1n) is 5.61. The number of phenols is 1. The molecule has 0 heterocycles. The molecule has 0 saturated carbocycles. The highest BCUT2D eigenvalue weighted by atomic mass is 19.1. The molecule has 20 heavy (non-hydrogen) atoms. The summed E-state index contributed by atoms with van der Waals surface area (Å²) in [4.78, 5) is 12.0. The normalized spacial score (nSPS) is 9.80. The number of nitrogens with one attached hydrogen (secondary N) is 1. The Morgan fingerprint density at radius 1 is 1.30 bits per heavy atom. The van der Waals surface area contributed by atoms with Gasteiger partial charge in [0, 0.05) is 11.4 Å². The van der Waals surface area contributed by atoms with Gasteiger partial charge in [-0.15, -0.1) is 0 Å². The van der Waals surface area contributed by atoms with E-state index in [1.54, 1.807) is 6.07 Å². The maximum Gasteiger partial charge on any atom is 0.257 e. The Kier molecular flexibility index (Phi) is 3.53. The molecule has 2 aromatic rings. The van der Waals surface area contributed by atoms with Crippen molar-refractivity contribution in [3.8, 4) is 11.8 Å². The fraction of sp³-hybridized carbons (Fsp3) is 0. The zero-order chi connectivity index (χ0) is 14.7. The number of nitrogens with zero attached hydrogens (tertiary/aromatic N) is 1.